The molecule has 0 aromatic heterocycles. The van der Waals surface area contributed by atoms with Gasteiger partial charge in [0.25, 0.3) is 0 Å². The van der Waals surface area contributed by atoms with Gasteiger partial charge in [-0.2, -0.15) is 4.39 Å². The molecule has 3 N–H and O–H groups in total. The van der Waals surface area contributed by atoms with Crippen LogP contribution in [0.3, 0.4) is 0 Å². The summed E-state index contributed by atoms with van der Waals surface area (Å²) in [5.41, 5.74) is 1.68. The van der Waals surface area contributed by atoms with Crippen molar-refractivity contribution in [1.82, 2.24) is 0 Å². The van der Waals surface area contributed by atoms with Crippen molar-refractivity contribution in [1.29, 1.82) is 0 Å². The molecule has 1 aliphatic rings. The van der Waals surface area contributed by atoms with E-state index >= 15 is 0 Å². The predicted molar refractivity (Wildman–Crippen MR) is 132 cm³/mol. The first-order valence-corrected chi connectivity index (χ1v) is 11.0. The molecule has 0 bridgehead atoms. The molecule has 0 radical (unpaired) electrons. The molecule has 0 saturated carbocycles. The first-order valence-electron chi connectivity index (χ1n) is 11.0. The third-order valence-corrected chi connectivity index (χ3v) is 5.72. The van der Waals surface area contributed by atoms with Crippen LogP contribution in [0.15, 0.2) is 66.7 Å². The van der Waals surface area contributed by atoms with Crippen LogP contribution < -0.4 is 20.9 Å². The number of rotatable bonds is 6. The zero-order valence-electron chi connectivity index (χ0n) is 19.2. The molecule has 0 spiro atoms. The van der Waals surface area contributed by atoms with E-state index in [9.17, 15) is 28.9 Å². The van der Waals surface area contributed by atoms with Crippen LogP contribution in [0.4, 0.5) is 37.6 Å². The van der Waals surface area contributed by atoms with E-state index in [1.165, 1.54) is 11.0 Å². The maximum atomic E-state index is 13.7. The van der Waals surface area contributed by atoms with E-state index in [2.05, 4.69) is 16.0 Å². The number of anilines is 4. The van der Waals surface area contributed by atoms with Crippen LogP contribution in [-0.4, -0.2) is 29.3 Å². The van der Waals surface area contributed by atoms with Crippen molar-refractivity contribution < 1.29 is 23.7 Å². The number of benzene rings is 3. The maximum Gasteiger partial charge on any atom is 0.323 e. The number of amides is 4. The van der Waals surface area contributed by atoms with Crippen LogP contribution in [0, 0.1) is 28.8 Å². The quantitative estimate of drug-likeness (QED) is 0.340. The number of nitro benzene ring substituents is 1. The molecular formula is C25H22FN5O5. The second-order valence-electron chi connectivity index (χ2n) is 8.26. The van der Waals surface area contributed by atoms with E-state index in [4.69, 9.17) is 0 Å². The van der Waals surface area contributed by atoms with Crippen LogP contribution >= 0.6 is 0 Å². The van der Waals surface area contributed by atoms with E-state index in [0.717, 1.165) is 17.7 Å². The van der Waals surface area contributed by atoms with Gasteiger partial charge in [-0.05, 0) is 48.9 Å². The highest BCUT2D eigenvalue weighted by Gasteiger charge is 2.36. The van der Waals surface area contributed by atoms with Gasteiger partial charge < -0.3 is 20.9 Å². The molecule has 10 nitrogen and oxygen atoms in total. The first kappa shape index (κ1) is 24.3. The van der Waals surface area contributed by atoms with Crippen molar-refractivity contribution >= 4 is 46.3 Å². The standard InChI is InChI=1S/C25H22FN5O5/c1-15-7-8-18(28-25(34)27-17-5-3-2-4-6-17)12-21(15)29-24(33)16-11-23(32)30(14-16)19-9-10-20(26)22(13-19)31(35)36/h2-10,12-13,16H,11,14H2,1H3,(H,29,33)(H2,27,28,34). The number of urea groups is 1. The molecular weight excluding hydrogens is 469 g/mol. The molecule has 1 unspecified atom stereocenters. The normalized spacial score (nSPS) is 14.9. The van der Waals surface area contributed by atoms with Gasteiger partial charge in [0.2, 0.25) is 17.6 Å². The van der Waals surface area contributed by atoms with Crippen LogP contribution in [0.2, 0.25) is 0 Å². The molecule has 1 fully saturated rings. The highest BCUT2D eigenvalue weighted by atomic mass is 19.1. The monoisotopic (exact) mass is 491 g/mol. The molecule has 3 aromatic rings. The fourth-order valence-electron chi connectivity index (χ4n) is 3.83. The molecule has 184 valence electrons. The van der Waals surface area contributed by atoms with E-state index in [1.54, 1.807) is 49.4 Å². The molecule has 1 aliphatic heterocycles. The Morgan fingerprint density at radius 3 is 2.44 bits per heavy atom. The third kappa shape index (κ3) is 5.46. The molecule has 1 saturated heterocycles. The summed E-state index contributed by atoms with van der Waals surface area (Å²) in [6, 6.07) is 16.7. The average Bonchev–Trinajstić information content (AvgIpc) is 3.23. The highest BCUT2D eigenvalue weighted by Crippen LogP contribution is 2.30. The SMILES string of the molecule is Cc1ccc(NC(=O)Nc2ccccc2)cc1NC(=O)C1CC(=O)N(c2ccc(F)c([N+](=O)[O-])c2)C1. The van der Waals surface area contributed by atoms with Crippen LogP contribution in [-0.2, 0) is 9.59 Å². The van der Waals surface area contributed by atoms with Crippen LogP contribution in [0.1, 0.15) is 12.0 Å². The summed E-state index contributed by atoms with van der Waals surface area (Å²) in [6.07, 6.45) is -0.104. The summed E-state index contributed by atoms with van der Waals surface area (Å²) in [7, 11) is 0. The third-order valence-electron chi connectivity index (χ3n) is 5.72. The van der Waals surface area contributed by atoms with E-state index in [1.807, 2.05) is 6.07 Å². The smallest absolute Gasteiger partial charge is 0.323 e. The van der Waals surface area contributed by atoms with Crippen molar-refractivity contribution in [2.75, 3.05) is 27.4 Å². The summed E-state index contributed by atoms with van der Waals surface area (Å²) < 4.78 is 13.7. The molecule has 1 heterocycles. The predicted octanol–water partition coefficient (Wildman–Crippen LogP) is 4.68. The zero-order valence-corrected chi connectivity index (χ0v) is 19.2. The molecule has 11 heteroatoms. The summed E-state index contributed by atoms with van der Waals surface area (Å²) >= 11 is 0. The highest BCUT2D eigenvalue weighted by molar-refractivity contribution is 6.04. The fraction of sp³-hybridized carbons (Fsp3) is 0.160. The Hall–Kier alpha value is -4.80. The lowest BCUT2D eigenvalue weighted by Crippen LogP contribution is -2.28. The number of aryl methyl sites for hydroxylation is 1. The molecule has 1 atom stereocenters. The van der Waals surface area contributed by atoms with Crippen molar-refractivity contribution in [2.24, 2.45) is 5.92 Å². The van der Waals surface area contributed by atoms with Crippen molar-refractivity contribution in [3.05, 3.63) is 88.2 Å². The maximum absolute atomic E-state index is 13.7. The topological polar surface area (TPSA) is 134 Å². The Balaban J connectivity index is 1.42. The van der Waals surface area contributed by atoms with Gasteiger partial charge in [-0.3, -0.25) is 19.7 Å². The number of hydrogen-bond acceptors (Lipinski definition) is 5. The number of nitro groups is 1. The van der Waals surface area contributed by atoms with Gasteiger partial charge in [0.1, 0.15) is 0 Å². The summed E-state index contributed by atoms with van der Waals surface area (Å²) in [5.74, 6) is -2.55. The lowest BCUT2D eigenvalue weighted by atomic mass is 10.1. The average molecular weight is 491 g/mol. The Kier molecular flexibility index (Phi) is 6.91. The van der Waals surface area contributed by atoms with E-state index in [0.29, 0.717) is 17.1 Å². The van der Waals surface area contributed by atoms with Gasteiger partial charge in [-0.15, -0.1) is 0 Å². The van der Waals surface area contributed by atoms with Gasteiger partial charge in [0, 0.05) is 36.1 Å². The number of carbonyl (C=O) groups excluding carboxylic acids is 3. The number of nitrogens with one attached hydrogen (secondary N) is 3. The molecule has 0 aliphatic carbocycles. The minimum Gasteiger partial charge on any atom is -0.325 e. The number of carbonyl (C=O) groups is 3. The van der Waals surface area contributed by atoms with Crippen LogP contribution in [0.25, 0.3) is 0 Å². The van der Waals surface area contributed by atoms with Gasteiger partial charge in [0.05, 0.1) is 16.5 Å². The number of para-hydroxylation sites is 1. The molecule has 3 aromatic carbocycles. The van der Waals surface area contributed by atoms with Crippen LogP contribution in [0.5, 0.6) is 0 Å². The van der Waals surface area contributed by atoms with Crippen molar-refractivity contribution in [3.63, 3.8) is 0 Å². The van der Waals surface area contributed by atoms with Gasteiger partial charge in [-0.1, -0.05) is 24.3 Å². The second-order valence-corrected chi connectivity index (χ2v) is 8.26. The molecule has 36 heavy (non-hydrogen) atoms. The number of halogens is 1. The lowest BCUT2D eigenvalue weighted by Gasteiger charge is -2.17. The van der Waals surface area contributed by atoms with Crippen molar-refractivity contribution in [3.8, 4) is 0 Å². The zero-order chi connectivity index (χ0) is 25.8. The largest absolute Gasteiger partial charge is 0.325 e. The summed E-state index contributed by atoms with van der Waals surface area (Å²) in [4.78, 5) is 49.1. The molecule has 4 amide bonds. The van der Waals surface area contributed by atoms with E-state index < -0.39 is 40.2 Å². The Morgan fingerprint density at radius 2 is 1.72 bits per heavy atom. The van der Waals surface area contributed by atoms with E-state index in [-0.39, 0.29) is 18.7 Å². The van der Waals surface area contributed by atoms with Gasteiger partial charge in [0.15, 0.2) is 0 Å². The first-order chi connectivity index (χ1) is 17.2. The van der Waals surface area contributed by atoms with Gasteiger partial charge >= 0.3 is 11.7 Å². The Bertz CT molecular complexity index is 1350. The second kappa shape index (κ2) is 10.2. The van der Waals surface area contributed by atoms with Gasteiger partial charge in [-0.25, -0.2) is 4.79 Å². The minimum atomic E-state index is -1.01. The Labute approximate surface area is 205 Å². The Morgan fingerprint density at radius 1 is 1.00 bits per heavy atom. The number of hydrogen-bond donors (Lipinski definition) is 3. The summed E-state index contributed by atoms with van der Waals surface area (Å²) in [6.45, 7) is 1.77. The minimum absolute atomic E-state index is 0.01000. The number of nitrogens with zero attached hydrogens (tertiary/aromatic N) is 2. The summed E-state index contributed by atoms with van der Waals surface area (Å²) in [5, 5.41) is 19.2. The fourth-order valence-corrected chi connectivity index (χ4v) is 3.83. The van der Waals surface area contributed by atoms with Crippen molar-refractivity contribution in [2.45, 2.75) is 13.3 Å². The molecule has 4 rings (SSSR count). The lowest BCUT2D eigenvalue weighted by molar-refractivity contribution is -0.387.